The molecule has 0 unspecified atom stereocenters. The lowest BCUT2D eigenvalue weighted by Crippen LogP contribution is -2.59. The number of nitrogens with one attached hydrogen (secondary N) is 1. The van der Waals surface area contributed by atoms with Crippen LogP contribution in [0.2, 0.25) is 0 Å². The number of fused-ring (bicyclic) bond motifs is 1. The Morgan fingerprint density at radius 3 is 2.34 bits per heavy atom. The van der Waals surface area contributed by atoms with Gasteiger partial charge >= 0.3 is 6.09 Å². The van der Waals surface area contributed by atoms with Gasteiger partial charge in [-0.15, -0.1) is 0 Å². The Morgan fingerprint density at radius 1 is 1.06 bits per heavy atom. The molecule has 1 aliphatic heterocycles. The van der Waals surface area contributed by atoms with Crippen LogP contribution in [-0.4, -0.2) is 71.1 Å². The summed E-state index contributed by atoms with van der Waals surface area (Å²) in [5.74, 6) is 0.278. The van der Waals surface area contributed by atoms with Crippen molar-refractivity contribution in [1.82, 2.24) is 15.1 Å². The number of hydrogen-bond donors (Lipinski definition) is 2. The molecule has 3 fully saturated rings. The van der Waals surface area contributed by atoms with Crippen LogP contribution in [0.15, 0.2) is 0 Å². The molecule has 0 spiro atoms. The maximum atomic E-state index is 13.7. The lowest BCUT2D eigenvalue weighted by atomic mass is 9.83. The highest BCUT2D eigenvalue weighted by molar-refractivity contribution is 5.91. The average molecular weight is 451 g/mol. The number of likely N-dealkylation sites (N-methyl/N-ethyl adjacent to an activating group) is 1. The Morgan fingerprint density at radius 2 is 1.72 bits per heavy atom. The van der Waals surface area contributed by atoms with Gasteiger partial charge in [-0.05, 0) is 71.6 Å². The largest absolute Gasteiger partial charge is 0.444 e. The summed E-state index contributed by atoms with van der Waals surface area (Å²) in [5.41, 5.74) is 5.72. The molecular weight excluding hydrogens is 408 g/mol. The van der Waals surface area contributed by atoms with E-state index in [4.69, 9.17) is 10.5 Å². The van der Waals surface area contributed by atoms with Gasteiger partial charge in [0.1, 0.15) is 17.7 Å². The standard InChI is InChI=1S/C24H42N4O4/c1-15(27(5)23(31)32-24(2,3)4)21(29)26-19(16-9-7-6-8-10-16)22(30)28-14-13-17-11-12-18(25)20(17)28/h15-20H,6-14,25H2,1-5H3,(H,26,29)/t15-,17+,18-,19-,20-/m0/s1. The molecule has 3 amide bonds. The number of nitrogens with zero attached hydrogens (tertiary/aromatic N) is 2. The van der Waals surface area contributed by atoms with Crippen LogP contribution in [-0.2, 0) is 14.3 Å². The Kier molecular flexibility index (Phi) is 7.73. The Balaban J connectivity index is 1.72. The fourth-order valence-electron chi connectivity index (χ4n) is 5.58. The van der Waals surface area contributed by atoms with Crippen molar-refractivity contribution >= 4 is 17.9 Å². The van der Waals surface area contributed by atoms with Crippen molar-refractivity contribution in [2.24, 2.45) is 17.6 Å². The molecule has 1 heterocycles. The number of hydrogen-bond acceptors (Lipinski definition) is 5. The summed E-state index contributed by atoms with van der Waals surface area (Å²) in [6.45, 7) is 7.75. The van der Waals surface area contributed by atoms with Crippen molar-refractivity contribution < 1.29 is 19.1 Å². The fraction of sp³-hybridized carbons (Fsp3) is 0.875. The minimum atomic E-state index is -0.746. The van der Waals surface area contributed by atoms with E-state index in [1.54, 1.807) is 34.7 Å². The van der Waals surface area contributed by atoms with E-state index in [-0.39, 0.29) is 29.8 Å². The predicted molar refractivity (Wildman–Crippen MR) is 123 cm³/mol. The minimum absolute atomic E-state index is 0.00206. The van der Waals surface area contributed by atoms with Crippen molar-refractivity contribution in [3.05, 3.63) is 0 Å². The predicted octanol–water partition coefficient (Wildman–Crippen LogP) is 2.65. The summed E-state index contributed by atoms with van der Waals surface area (Å²) in [7, 11) is 1.55. The molecule has 0 bridgehead atoms. The molecular formula is C24H42N4O4. The third-order valence-electron chi connectivity index (χ3n) is 7.50. The zero-order chi connectivity index (χ0) is 23.6. The molecule has 0 aromatic heterocycles. The molecule has 2 saturated carbocycles. The van der Waals surface area contributed by atoms with Crippen LogP contribution in [0, 0.1) is 11.8 Å². The molecule has 2 aliphatic carbocycles. The zero-order valence-corrected chi connectivity index (χ0v) is 20.4. The molecule has 8 heteroatoms. The molecule has 8 nitrogen and oxygen atoms in total. The maximum Gasteiger partial charge on any atom is 0.410 e. The Hall–Kier alpha value is -1.83. The highest BCUT2D eigenvalue weighted by atomic mass is 16.6. The quantitative estimate of drug-likeness (QED) is 0.670. The van der Waals surface area contributed by atoms with Crippen molar-refractivity contribution in [3.8, 4) is 0 Å². The van der Waals surface area contributed by atoms with Crippen LogP contribution in [0.25, 0.3) is 0 Å². The maximum absolute atomic E-state index is 13.7. The first kappa shape index (κ1) is 24.8. The molecule has 3 N–H and O–H groups in total. The molecule has 3 aliphatic rings. The molecule has 0 aromatic rings. The third-order valence-corrected chi connectivity index (χ3v) is 7.50. The van der Waals surface area contributed by atoms with Crippen molar-refractivity contribution in [2.75, 3.05) is 13.6 Å². The Labute approximate surface area is 192 Å². The fourth-order valence-corrected chi connectivity index (χ4v) is 5.58. The summed E-state index contributed by atoms with van der Waals surface area (Å²) in [5, 5.41) is 3.04. The van der Waals surface area contributed by atoms with E-state index in [9.17, 15) is 14.4 Å². The van der Waals surface area contributed by atoms with Gasteiger partial charge < -0.3 is 20.7 Å². The van der Waals surface area contributed by atoms with Gasteiger partial charge in [-0.1, -0.05) is 19.3 Å². The summed E-state index contributed by atoms with van der Waals surface area (Å²) in [6, 6.07) is -1.20. The van der Waals surface area contributed by atoms with E-state index in [1.807, 2.05) is 4.90 Å². The van der Waals surface area contributed by atoms with Crippen LogP contribution < -0.4 is 11.1 Å². The van der Waals surface area contributed by atoms with E-state index < -0.39 is 23.8 Å². The number of amides is 3. The van der Waals surface area contributed by atoms with Crippen molar-refractivity contribution in [1.29, 1.82) is 0 Å². The van der Waals surface area contributed by atoms with Gasteiger partial charge in [-0.2, -0.15) is 0 Å². The smallest absolute Gasteiger partial charge is 0.410 e. The highest BCUT2D eigenvalue weighted by Gasteiger charge is 2.47. The molecule has 182 valence electrons. The van der Waals surface area contributed by atoms with Gasteiger partial charge in [0.15, 0.2) is 0 Å². The SMILES string of the molecule is C[C@@H](C(=O)N[C@H](C(=O)N1CC[C@H]2CC[C@H](N)[C@H]21)C1CCCCC1)N(C)C(=O)OC(C)(C)C. The zero-order valence-electron chi connectivity index (χ0n) is 20.4. The summed E-state index contributed by atoms with van der Waals surface area (Å²) < 4.78 is 5.40. The Bertz CT molecular complexity index is 701. The van der Waals surface area contributed by atoms with Gasteiger partial charge in [0.05, 0.1) is 0 Å². The van der Waals surface area contributed by atoms with Crippen LogP contribution in [0.1, 0.15) is 79.1 Å². The van der Waals surface area contributed by atoms with Gasteiger partial charge in [-0.3, -0.25) is 14.5 Å². The second-order valence-corrected chi connectivity index (χ2v) is 11.0. The van der Waals surface area contributed by atoms with Crippen molar-refractivity contribution in [2.45, 2.75) is 109 Å². The topological polar surface area (TPSA) is 105 Å². The van der Waals surface area contributed by atoms with E-state index in [0.717, 1.165) is 44.9 Å². The molecule has 1 saturated heterocycles. The molecule has 3 rings (SSSR count). The van der Waals surface area contributed by atoms with Crippen LogP contribution in [0.3, 0.4) is 0 Å². The van der Waals surface area contributed by atoms with E-state index in [0.29, 0.717) is 12.5 Å². The van der Waals surface area contributed by atoms with E-state index in [2.05, 4.69) is 5.32 Å². The summed E-state index contributed by atoms with van der Waals surface area (Å²) in [6.07, 6.45) is 7.65. The summed E-state index contributed by atoms with van der Waals surface area (Å²) in [4.78, 5) is 42.6. The minimum Gasteiger partial charge on any atom is -0.444 e. The number of carbonyl (C=O) groups excluding carboxylic acids is 3. The first-order valence-electron chi connectivity index (χ1n) is 12.3. The monoisotopic (exact) mass is 450 g/mol. The van der Waals surface area contributed by atoms with Crippen LogP contribution in [0.4, 0.5) is 4.79 Å². The number of rotatable bonds is 5. The van der Waals surface area contributed by atoms with Gasteiger partial charge in [0.2, 0.25) is 11.8 Å². The number of ether oxygens (including phenoxy) is 1. The molecule has 5 atom stereocenters. The second-order valence-electron chi connectivity index (χ2n) is 11.0. The van der Waals surface area contributed by atoms with Gasteiger partial charge in [0.25, 0.3) is 0 Å². The number of nitrogens with two attached hydrogens (primary N) is 1. The number of carbonyl (C=O) groups is 3. The average Bonchev–Trinajstić information content (AvgIpc) is 3.32. The second kappa shape index (κ2) is 9.98. The molecule has 0 aromatic carbocycles. The lowest BCUT2D eigenvalue weighted by Gasteiger charge is -2.37. The highest BCUT2D eigenvalue weighted by Crippen LogP contribution is 2.38. The van der Waals surface area contributed by atoms with E-state index in [1.165, 1.54) is 11.3 Å². The van der Waals surface area contributed by atoms with E-state index >= 15 is 0 Å². The van der Waals surface area contributed by atoms with Gasteiger partial charge in [-0.25, -0.2) is 4.79 Å². The van der Waals surface area contributed by atoms with Crippen LogP contribution in [0.5, 0.6) is 0 Å². The van der Waals surface area contributed by atoms with Gasteiger partial charge in [0, 0.05) is 25.7 Å². The van der Waals surface area contributed by atoms with Crippen molar-refractivity contribution in [3.63, 3.8) is 0 Å². The molecule has 0 radical (unpaired) electrons. The van der Waals surface area contributed by atoms with Crippen LogP contribution >= 0.6 is 0 Å². The third kappa shape index (κ3) is 5.56. The lowest BCUT2D eigenvalue weighted by molar-refractivity contribution is -0.140. The summed E-state index contributed by atoms with van der Waals surface area (Å²) >= 11 is 0. The number of likely N-dealkylation sites (tertiary alicyclic amines) is 1. The molecule has 32 heavy (non-hydrogen) atoms. The first-order chi connectivity index (χ1) is 15.0. The normalized spacial score (nSPS) is 28.1. The first-order valence-corrected chi connectivity index (χ1v) is 12.3.